The number of phenols is 4. The molecule has 0 aromatic heterocycles. The topological polar surface area (TPSA) is 396 Å². The molecule has 0 bridgehead atoms. The van der Waals surface area contributed by atoms with Gasteiger partial charge >= 0.3 is 5.69 Å². The predicted molar refractivity (Wildman–Crippen MR) is 180 cm³/mol. The molecule has 0 amide bonds. The van der Waals surface area contributed by atoms with Gasteiger partial charge < -0.3 is 25.0 Å². The molecular weight excluding hydrogens is 782 g/mol. The smallest absolute Gasteiger partial charge is 0.319 e. The molecule has 0 atom stereocenters. The third-order valence-corrected chi connectivity index (χ3v) is 8.71. The number of aromatic hydroxyl groups is 4. The lowest BCUT2D eigenvalue weighted by molar-refractivity contribution is -0.394. The number of fused-ring (bicyclic) bond motifs is 1. The van der Waals surface area contributed by atoms with Gasteiger partial charge in [0.05, 0.1) is 47.4 Å². The average molecular weight is 799 g/mol. The van der Waals surface area contributed by atoms with Gasteiger partial charge in [0.2, 0.25) is 5.75 Å². The Bertz CT molecular complexity index is 2790. The molecule has 282 valence electrons. The number of azo groups is 3. The van der Waals surface area contributed by atoms with Crippen molar-refractivity contribution >= 4 is 82.2 Å². The molecule has 0 aliphatic rings. The van der Waals surface area contributed by atoms with E-state index in [4.69, 9.17) is 0 Å². The molecule has 5 aromatic rings. The van der Waals surface area contributed by atoms with E-state index in [1.807, 2.05) is 0 Å². The van der Waals surface area contributed by atoms with Crippen molar-refractivity contribution in [2.75, 3.05) is 0 Å². The van der Waals surface area contributed by atoms with E-state index in [1.54, 1.807) is 0 Å². The van der Waals surface area contributed by atoms with E-state index in [0.717, 1.165) is 24.3 Å². The van der Waals surface area contributed by atoms with Gasteiger partial charge in [0.25, 0.3) is 21.5 Å². The van der Waals surface area contributed by atoms with Crippen LogP contribution in [0.2, 0.25) is 0 Å². The summed E-state index contributed by atoms with van der Waals surface area (Å²) in [5, 5.41) is 97.9. The van der Waals surface area contributed by atoms with E-state index < -0.39 is 118 Å². The minimum Gasteiger partial charge on any atom is -0.744 e. The molecule has 0 aliphatic carbocycles. The molecule has 0 radical (unpaired) electrons. The van der Waals surface area contributed by atoms with Crippen LogP contribution in [-0.2, 0) is 20.2 Å². The van der Waals surface area contributed by atoms with Crippen LogP contribution in [0.25, 0.3) is 10.8 Å². The fraction of sp³-hybridized carbons (Fsp3) is 0. The Morgan fingerprint density at radius 2 is 1.07 bits per heavy atom. The van der Waals surface area contributed by atoms with Gasteiger partial charge in [-0.3, -0.25) is 34.9 Å². The first kappa shape index (κ1) is 38.6. The summed E-state index contributed by atoms with van der Waals surface area (Å²) in [6, 6.07) is 8.56. The second-order valence-electron chi connectivity index (χ2n) is 10.6. The number of nitro groups is 3. The van der Waals surface area contributed by atoms with Crippen LogP contribution in [0.15, 0.2) is 107 Å². The highest BCUT2D eigenvalue weighted by Crippen LogP contribution is 2.51. The number of nitrogens with zero attached hydrogens (tertiary/aromatic N) is 9. The number of benzene rings is 5. The Hall–Kier alpha value is -7.62. The van der Waals surface area contributed by atoms with Crippen LogP contribution >= 0.6 is 0 Å². The van der Waals surface area contributed by atoms with Crippen molar-refractivity contribution in [3.63, 3.8) is 0 Å². The molecule has 0 saturated heterocycles. The van der Waals surface area contributed by atoms with Gasteiger partial charge in [0.15, 0.2) is 17.2 Å². The van der Waals surface area contributed by atoms with Crippen molar-refractivity contribution in [2.24, 2.45) is 30.7 Å². The third kappa shape index (κ3) is 8.23. The molecule has 5 N–H and O–H groups in total. The van der Waals surface area contributed by atoms with E-state index in [0.29, 0.717) is 42.5 Å². The Labute approximate surface area is 303 Å². The van der Waals surface area contributed by atoms with Gasteiger partial charge in [-0.05, 0) is 35.7 Å². The van der Waals surface area contributed by atoms with Crippen molar-refractivity contribution in [1.29, 1.82) is 0 Å². The maximum absolute atomic E-state index is 11.9. The Balaban J connectivity index is 1.73. The summed E-state index contributed by atoms with van der Waals surface area (Å²) in [6.45, 7) is 0. The second kappa shape index (κ2) is 14.4. The van der Waals surface area contributed by atoms with Crippen LogP contribution < -0.4 is 0 Å². The largest absolute Gasteiger partial charge is 0.744 e. The maximum atomic E-state index is 11.9. The molecular formula is C28H16N9O16S2-. The number of rotatable bonds is 11. The zero-order valence-electron chi connectivity index (χ0n) is 26.4. The molecule has 0 fully saturated rings. The molecule has 0 spiro atoms. The highest BCUT2D eigenvalue weighted by molar-refractivity contribution is 7.86. The molecule has 0 aliphatic heterocycles. The number of hydrogen-bond donors (Lipinski definition) is 5. The van der Waals surface area contributed by atoms with Crippen molar-refractivity contribution in [3.05, 3.63) is 97.1 Å². The monoisotopic (exact) mass is 798 g/mol. The van der Waals surface area contributed by atoms with Gasteiger partial charge in [-0.2, -0.15) is 13.5 Å². The molecule has 5 rings (SSSR count). The fourth-order valence-corrected chi connectivity index (χ4v) is 5.60. The quantitative estimate of drug-likeness (QED) is 0.0397. The van der Waals surface area contributed by atoms with Crippen molar-refractivity contribution in [3.8, 4) is 23.0 Å². The van der Waals surface area contributed by atoms with Crippen LogP contribution in [0, 0.1) is 30.3 Å². The number of non-ortho nitro benzene ring substituents is 2. The summed E-state index contributed by atoms with van der Waals surface area (Å²) in [5.74, 6) is -4.23. The summed E-state index contributed by atoms with van der Waals surface area (Å²) >= 11 is 0. The van der Waals surface area contributed by atoms with Crippen LogP contribution in [0.3, 0.4) is 0 Å². The molecule has 0 unspecified atom stereocenters. The van der Waals surface area contributed by atoms with E-state index in [-0.39, 0.29) is 11.4 Å². The van der Waals surface area contributed by atoms with Gasteiger partial charge in [-0.1, -0.05) is 0 Å². The molecule has 0 heterocycles. The third-order valence-electron chi connectivity index (χ3n) is 7.07. The van der Waals surface area contributed by atoms with Crippen LogP contribution in [0.5, 0.6) is 23.0 Å². The molecule has 25 nitrogen and oxygen atoms in total. The average Bonchev–Trinajstić information content (AvgIpc) is 3.10. The Morgan fingerprint density at radius 3 is 1.58 bits per heavy atom. The molecule has 27 heteroatoms. The van der Waals surface area contributed by atoms with Gasteiger partial charge in [0.1, 0.15) is 32.9 Å². The number of nitro benzene ring substituents is 3. The SMILES string of the molecule is O=[N+]([O-])c1ccc(N=Nc2c(O)c(N=Nc3cc([N+](=O)[O-])cc([N+](=O)[O-])c3O)cc(N=Nc3cc(S(=O)(=O)[O-])cc4cc(S(=O)(=O)O)cc(O)c34)c2O)cc1. The Morgan fingerprint density at radius 1 is 0.545 bits per heavy atom. The van der Waals surface area contributed by atoms with Crippen LogP contribution in [0.1, 0.15) is 0 Å². The molecule has 55 heavy (non-hydrogen) atoms. The standard InChI is InChI=1S/C28H17N9O16S2/c38-23-10-17(55(51,52)53)6-12-5-16(54(48,49)50)9-18(24(12)23)30-32-20-11-21(33-31-19-7-15(36(44)45)8-22(26(19)39)37(46)47)28(41)25(27(20)40)34-29-13-1-3-14(4-2-13)35(42)43/h1-11,38-41H,(H,48,49,50)(H,51,52,53)/p-1. The zero-order valence-corrected chi connectivity index (χ0v) is 28.1. The lowest BCUT2D eigenvalue weighted by Crippen LogP contribution is -2.00. The second-order valence-corrected chi connectivity index (χ2v) is 13.4. The summed E-state index contributed by atoms with van der Waals surface area (Å²) in [4.78, 5) is 28.9. The summed E-state index contributed by atoms with van der Waals surface area (Å²) < 4.78 is 68.6. The van der Waals surface area contributed by atoms with Crippen molar-refractivity contribution in [1.82, 2.24) is 0 Å². The molecule has 0 saturated carbocycles. The first-order valence-electron chi connectivity index (χ1n) is 14.1. The predicted octanol–water partition coefficient (Wildman–Crippen LogP) is 6.78. The summed E-state index contributed by atoms with van der Waals surface area (Å²) in [6.07, 6.45) is 0. The minimum absolute atomic E-state index is 0.0738. The summed E-state index contributed by atoms with van der Waals surface area (Å²) in [5.41, 5.74) is -6.32. The van der Waals surface area contributed by atoms with Gasteiger partial charge in [-0.25, -0.2) is 8.42 Å². The van der Waals surface area contributed by atoms with Crippen molar-refractivity contribution in [2.45, 2.75) is 9.79 Å². The zero-order chi connectivity index (χ0) is 40.6. The van der Waals surface area contributed by atoms with E-state index in [1.165, 1.54) is 0 Å². The maximum Gasteiger partial charge on any atom is 0.319 e. The highest BCUT2D eigenvalue weighted by atomic mass is 32.2. The molecule has 5 aromatic carbocycles. The number of phenolic OH excluding ortho intramolecular Hbond substituents is 4. The van der Waals surface area contributed by atoms with Gasteiger partial charge in [0, 0.05) is 30.3 Å². The van der Waals surface area contributed by atoms with Crippen LogP contribution in [-0.4, -0.2) is 61.1 Å². The van der Waals surface area contributed by atoms with E-state index in [2.05, 4.69) is 30.7 Å². The first-order chi connectivity index (χ1) is 25.6. The van der Waals surface area contributed by atoms with Crippen molar-refractivity contribution < 1.29 is 61.1 Å². The number of hydrogen-bond acceptors (Lipinski definition) is 21. The van der Waals surface area contributed by atoms with Gasteiger partial charge in [-0.15, -0.1) is 25.6 Å². The Kier molecular flexibility index (Phi) is 10.1. The normalized spacial score (nSPS) is 12.3. The summed E-state index contributed by atoms with van der Waals surface area (Å²) in [7, 11) is -10.3. The minimum atomic E-state index is -5.31. The lowest BCUT2D eigenvalue weighted by Gasteiger charge is -2.12. The first-order valence-corrected chi connectivity index (χ1v) is 17.0. The fourth-order valence-electron chi connectivity index (χ4n) is 4.53. The van der Waals surface area contributed by atoms with Crippen LogP contribution in [0.4, 0.5) is 51.2 Å². The van der Waals surface area contributed by atoms with E-state index >= 15 is 0 Å². The highest BCUT2D eigenvalue weighted by Gasteiger charge is 2.25. The van der Waals surface area contributed by atoms with E-state index in [9.17, 15) is 76.7 Å². The lowest BCUT2D eigenvalue weighted by atomic mass is 10.1.